The lowest BCUT2D eigenvalue weighted by molar-refractivity contribution is -0.116. The lowest BCUT2D eigenvalue weighted by Crippen LogP contribution is -2.45. The Kier molecular flexibility index (Phi) is 5.85. The molecule has 0 spiro atoms. The second-order valence-electron chi connectivity index (χ2n) is 6.34. The minimum Gasteiger partial charge on any atom is -0.324 e. The number of nitrogens with zero attached hydrogens (tertiary/aromatic N) is 1. The summed E-state index contributed by atoms with van der Waals surface area (Å²) in [6.45, 7) is 5.77. The number of carbonyl (C=O) groups is 1. The van der Waals surface area contributed by atoms with Crippen LogP contribution in [0, 0.1) is 0 Å². The normalized spacial score (nSPS) is 12.7. The number of sulfonamides is 1. The number of amides is 1. The summed E-state index contributed by atoms with van der Waals surface area (Å²) < 4.78 is 25.5. The Morgan fingerprint density at radius 3 is 2.00 bits per heavy atom. The fraction of sp³-hybridized carbons (Fsp3) is 0.316. The van der Waals surface area contributed by atoms with Crippen molar-refractivity contribution >= 4 is 27.3 Å². The van der Waals surface area contributed by atoms with Crippen molar-refractivity contribution in [2.75, 3.05) is 15.9 Å². The highest BCUT2D eigenvalue weighted by Crippen LogP contribution is 2.22. The summed E-state index contributed by atoms with van der Waals surface area (Å²) in [4.78, 5) is 12.6. The molecule has 6 heteroatoms. The van der Waals surface area contributed by atoms with Crippen molar-refractivity contribution in [3.8, 4) is 0 Å². The highest BCUT2D eigenvalue weighted by molar-refractivity contribution is 7.92. The largest absolute Gasteiger partial charge is 0.324 e. The highest BCUT2D eigenvalue weighted by Gasteiger charge is 2.29. The second-order valence-corrected chi connectivity index (χ2v) is 8.20. The molecule has 1 N–H and O–H groups in total. The Morgan fingerprint density at radius 1 is 0.960 bits per heavy atom. The van der Waals surface area contributed by atoms with E-state index in [0.717, 1.165) is 10.6 Å². The number of hydrogen-bond acceptors (Lipinski definition) is 3. The Hall–Kier alpha value is -2.34. The van der Waals surface area contributed by atoms with E-state index >= 15 is 0 Å². The molecule has 0 bridgehead atoms. The molecule has 0 radical (unpaired) electrons. The summed E-state index contributed by atoms with van der Waals surface area (Å²) in [5, 5.41) is 2.79. The van der Waals surface area contributed by atoms with Gasteiger partial charge in [-0.1, -0.05) is 44.2 Å². The molecule has 1 amide bonds. The maximum absolute atomic E-state index is 12.6. The molecule has 0 unspecified atom stereocenters. The van der Waals surface area contributed by atoms with Gasteiger partial charge in [-0.05, 0) is 42.7 Å². The van der Waals surface area contributed by atoms with Crippen LogP contribution in [0.15, 0.2) is 54.6 Å². The molecule has 0 aliphatic heterocycles. The summed E-state index contributed by atoms with van der Waals surface area (Å²) in [6.07, 6.45) is 1.10. The minimum atomic E-state index is -3.60. The molecule has 2 aromatic rings. The van der Waals surface area contributed by atoms with Gasteiger partial charge in [0.15, 0.2) is 0 Å². The molecule has 0 aliphatic rings. The summed E-state index contributed by atoms with van der Waals surface area (Å²) in [7, 11) is -3.60. The summed E-state index contributed by atoms with van der Waals surface area (Å²) in [5.74, 6) is 0.0223. The molecule has 2 aromatic carbocycles. The number of rotatable bonds is 6. The quantitative estimate of drug-likeness (QED) is 0.856. The summed E-state index contributed by atoms with van der Waals surface area (Å²) in [5.41, 5.74) is 2.28. The molecular weight excluding hydrogens is 336 g/mol. The van der Waals surface area contributed by atoms with Crippen molar-refractivity contribution in [3.63, 3.8) is 0 Å². The average Bonchev–Trinajstić information content (AvgIpc) is 2.55. The van der Waals surface area contributed by atoms with Gasteiger partial charge in [0.1, 0.15) is 6.04 Å². The van der Waals surface area contributed by atoms with Gasteiger partial charge in [0.05, 0.1) is 11.9 Å². The van der Waals surface area contributed by atoms with Crippen molar-refractivity contribution in [2.45, 2.75) is 32.7 Å². The standard InChI is InChI=1S/C19H24N2O3S/c1-14(2)16-10-12-17(13-11-16)20-19(22)15(3)21(25(4,23)24)18-8-6-5-7-9-18/h5-15H,1-4H3,(H,20,22)/t15-/m1/s1. The third-order valence-electron chi connectivity index (χ3n) is 3.94. The van der Waals surface area contributed by atoms with Crippen LogP contribution in [0.4, 0.5) is 11.4 Å². The molecule has 0 saturated carbocycles. The van der Waals surface area contributed by atoms with Gasteiger partial charge in [-0.25, -0.2) is 8.42 Å². The molecule has 0 aliphatic carbocycles. The van der Waals surface area contributed by atoms with Gasteiger partial charge in [0.2, 0.25) is 15.9 Å². The van der Waals surface area contributed by atoms with Gasteiger partial charge in [-0.15, -0.1) is 0 Å². The van der Waals surface area contributed by atoms with Crippen LogP contribution in [0.5, 0.6) is 0 Å². The Labute approximate surface area is 149 Å². The first-order chi connectivity index (χ1) is 11.7. The van der Waals surface area contributed by atoms with E-state index in [-0.39, 0.29) is 5.91 Å². The fourth-order valence-electron chi connectivity index (χ4n) is 2.58. The third kappa shape index (κ3) is 4.82. The molecule has 134 valence electrons. The van der Waals surface area contributed by atoms with Crippen LogP contribution in [0.2, 0.25) is 0 Å². The van der Waals surface area contributed by atoms with E-state index in [0.29, 0.717) is 17.3 Å². The second kappa shape index (κ2) is 7.70. The first-order valence-electron chi connectivity index (χ1n) is 8.15. The van der Waals surface area contributed by atoms with Crippen molar-refractivity contribution < 1.29 is 13.2 Å². The Morgan fingerprint density at radius 2 is 1.52 bits per heavy atom. The fourth-order valence-corrected chi connectivity index (χ4v) is 3.76. The van der Waals surface area contributed by atoms with Gasteiger partial charge >= 0.3 is 0 Å². The molecule has 1 atom stereocenters. The smallest absolute Gasteiger partial charge is 0.247 e. The van der Waals surface area contributed by atoms with Crippen molar-refractivity contribution in [1.82, 2.24) is 0 Å². The van der Waals surface area contributed by atoms with Crippen LogP contribution in [-0.2, 0) is 14.8 Å². The molecule has 0 heterocycles. The van der Waals surface area contributed by atoms with Crippen LogP contribution in [0.1, 0.15) is 32.3 Å². The molecule has 0 aromatic heterocycles. The van der Waals surface area contributed by atoms with E-state index in [1.165, 1.54) is 5.56 Å². The molecule has 25 heavy (non-hydrogen) atoms. The van der Waals surface area contributed by atoms with Crippen LogP contribution in [-0.4, -0.2) is 26.6 Å². The van der Waals surface area contributed by atoms with Gasteiger partial charge in [0, 0.05) is 5.69 Å². The first kappa shape index (κ1) is 19.0. The van der Waals surface area contributed by atoms with Crippen LogP contribution in [0.25, 0.3) is 0 Å². The monoisotopic (exact) mass is 360 g/mol. The maximum atomic E-state index is 12.6. The third-order valence-corrected chi connectivity index (χ3v) is 5.19. The van der Waals surface area contributed by atoms with Gasteiger partial charge in [-0.3, -0.25) is 9.10 Å². The number of nitrogens with one attached hydrogen (secondary N) is 1. The number of hydrogen-bond donors (Lipinski definition) is 1. The van der Waals surface area contributed by atoms with Crippen LogP contribution < -0.4 is 9.62 Å². The van der Waals surface area contributed by atoms with Gasteiger partial charge in [-0.2, -0.15) is 0 Å². The lowest BCUT2D eigenvalue weighted by atomic mass is 10.0. The molecular formula is C19H24N2O3S. The van der Waals surface area contributed by atoms with E-state index in [1.807, 2.05) is 24.3 Å². The number of carbonyl (C=O) groups excluding carboxylic acids is 1. The highest BCUT2D eigenvalue weighted by atomic mass is 32.2. The van der Waals surface area contributed by atoms with E-state index in [4.69, 9.17) is 0 Å². The minimum absolute atomic E-state index is 0.383. The van der Waals surface area contributed by atoms with E-state index in [1.54, 1.807) is 37.3 Å². The lowest BCUT2D eigenvalue weighted by Gasteiger charge is -2.28. The number of benzene rings is 2. The van der Waals surface area contributed by atoms with Crippen molar-refractivity contribution in [3.05, 3.63) is 60.2 Å². The number of anilines is 2. The van der Waals surface area contributed by atoms with Crippen LogP contribution >= 0.6 is 0 Å². The zero-order valence-electron chi connectivity index (χ0n) is 14.9. The van der Waals surface area contributed by atoms with Crippen LogP contribution in [0.3, 0.4) is 0 Å². The van der Waals surface area contributed by atoms with E-state index < -0.39 is 16.1 Å². The van der Waals surface area contributed by atoms with Crippen molar-refractivity contribution in [2.24, 2.45) is 0 Å². The predicted molar refractivity (Wildman–Crippen MR) is 102 cm³/mol. The Bertz CT molecular complexity index is 816. The molecule has 2 rings (SSSR count). The first-order valence-corrected chi connectivity index (χ1v) is 10.00. The van der Waals surface area contributed by atoms with Crippen molar-refractivity contribution in [1.29, 1.82) is 0 Å². The predicted octanol–water partition coefficient (Wildman–Crippen LogP) is 3.60. The van der Waals surface area contributed by atoms with Gasteiger partial charge < -0.3 is 5.32 Å². The molecule has 5 nitrogen and oxygen atoms in total. The van der Waals surface area contributed by atoms with E-state index in [2.05, 4.69) is 19.2 Å². The van der Waals surface area contributed by atoms with Gasteiger partial charge in [0.25, 0.3) is 0 Å². The summed E-state index contributed by atoms with van der Waals surface area (Å²) >= 11 is 0. The SMILES string of the molecule is CC(C)c1ccc(NC(=O)[C@@H](C)N(c2ccccc2)S(C)(=O)=O)cc1. The zero-order chi connectivity index (χ0) is 18.6. The molecule has 0 fully saturated rings. The number of para-hydroxylation sites is 1. The Balaban J connectivity index is 2.21. The summed E-state index contributed by atoms with van der Waals surface area (Å²) in [6, 6.07) is 15.3. The maximum Gasteiger partial charge on any atom is 0.247 e. The average molecular weight is 360 g/mol. The zero-order valence-corrected chi connectivity index (χ0v) is 15.7. The molecule has 0 saturated heterocycles. The van der Waals surface area contributed by atoms with E-state index in [9.17, 15) is 13.2 Å². The topological polar surface area (TPSA) is 66.5 Å².